The highest BCUT2D eigenvalue weighted by molar-refractivity contribution is 5.90. The van der Waals surface area contributed by atoms with Crippen LogP contribution in [0.4, 0.5) is 22.2 Å². The number of hydrogen-bond donors (Lipinski definition) is 1. The molecule has 29 heavy (non-hydrogen) atoms. The van der Waals surface area contributed by atoms with Gasteiger partial charge in [0, 0.05) is 25.0 Å². The van der Waals surface area contributed by atoms with Gasteiger partial charge in [0.25, 0.3) is 0 Å². The standard InChI is InChI=1S/C22H29N5O2/c1-16(17-7-9-18(10-8-17)26-13-5-4-6-14-26)24-20-23-12-11-19(25-20)27-21(28)29-15-22(27,2)3/h7-12,16H,4-6,13-15H2,1-3H3,(H,23,24,25)/t16-/m0/s1. The quantitative estimate of drug-likeness (QED) is 0.810. The molecular weight excluding hydrogens is 366 g/mol. The van der Waals surface area contributed by atoms with Gasteiger partial charge in [0.2, 0.25) is 5.95 Å². The van der Waals surface area contributed by atoms with Crippen molar-refractivity contribution in [3.05, 3.63) is 42.1 Å². The SMILES string of the molecule is C[C@H](Nc1nccc(N2C(=O)OCC2(C)C)n1)c1ccc(N2CCCCC2)cc1. The van der Waals surface area contributed by atoms with Crippen LogP contribution in [0.25, 0.3) is 0 Å². The molecule has 1 aromatic heterocycles. The van der Waals surface area contributed by atoms with Gasteiger partial charge in [-0.15, -0.1) is 0 Å². The van der Waals surface area contributed by atoms with Gasteiger partial charge in [0.1, 0.15) is 12.4 Å². The number of anilines is 3. The molecule has 154 valence electrons. The van der Waals surface area contributed by atoms with E-state index in [1.165, 1.54) is 30.5 Å². The number of carbonyl (C=O) groups is 1. The van der Waals surface area contributed by atoms with Gasteiger partial charge in [-0.2, -0.15) is 4.98 Å². The molecule has 2 aromatic rings. The second-order valence-corrected chi connectivity index (χ2v) is 8.45. The summed E-state index contributed by atoms with van der Waals surface area (Å²) in [7, 11) is 0. The molecule has 7 nitrogen and oxygen atoms in total. The first-order valence-corrected chi connectivity index (χ1v) is 10.4. The molecule has 4 rings (SSSR count). The molecule has 0 radical (unpaired) electrons. The van der Waals surface area contributed by atoms with Crippen LogP contribution in [0.3, 0.4) is 0 Å². The average Bonchev–Trinajstić information content (AvgIpc) is 3.01. The van der Waals surface area contributed by atoms with E-state index in [-0.39, 0.29) is 12.1 Å². The Bertz CT molecular complexity index is 862. The van der Waals surface area contributed by atoms with Crippen LogP contribution in [-0.2, 0) is 4.74 Å². The van der Waals surface area contributed by atoms with Crippen molar-refractivity contribution < 1.29 is 9.53 Å². The molecule has 2 aliphatic heterocycles. The fourth-order valence-electron chi connectivity index (χ4n) is 3.96. The van der Waals surface area contributed by atoms with Gasteiger partial charge in [-0.25, -0.2) is 9.78 Å². The number of nitrogens with one attached hydrogen (secondary N) is 1. The number of hydrogen-bond acceptors (Lipinski definition) is 6. The first kappa shape index (κ1) is 19.5. The predicted octanol–water partition coefficient (Wildman–Crippen LogP) is 4.38. The van der Waals surface area contributed by atoms with Gasteiger partial charge in [-0.05, 0) is 63.8 Å². The van der Waals surface area contributed by atoms with E-state index in [0.29, 0.717) is 18.4 Å². The first-order valence-electron chi connectivity index (χ1n) is 10.4. The van der Waals surface area contributed by atoms with Crippen LogP contribution in [0.15, 0.2) is 36.5 Å². The molecular formula is C22H29N5O2. The van der Waals surface area contributed by atoms with Crippen molar-refractivity contribution in [2.75, 3.05) is 34.8 Å². The minimum absolute atomic E-state index is 0.0409. The van der Waals surface area contributed by atoms with Gasteiger partial charge < -0.3 is 15.0 Å². The lowest BCUT2D eigenvalue weighted by Gasteiger charge is -2.29. The van der Waals surface area contributed by atoms with E-state index < -0.39 is 5.54 Å². The zero-order chi connectivity index (χ0) is 20.4. The summed E-state index contributed by atoms with van der Waals surface area (Å²) >= 11 is 0. The Morgan fingerprint density at radius 1 is 1.10 bits per heavy atom. The van der Waals surface area contributed by atoms with Crippen molar-refractivity contribution in [3.8, 4) is 0 Å². The Labute approximate surface area is 172 Å². The van der Waals surface area contributed by atoms with Crippen molar-refractivity contribution in [3.63, 3.8) is 0 Å². The molecule has 1 amide bonds. The van der Waals surface area contributed by atoms with Crippen molar-refractivity contribution in [2.24, 2.45) is 0 Å². The molecule has 1 aromatic carbocycles. The maximum Gasteiger partial charge on any atom is 0.416 e. The lowest BCUT2D eigenvalue weighted by molar-refractivity contribution is 0.175. The van der Waals surface area contributed by atoms with E-state index in [2.05, 4.69) is 51.4 Å². The lowest BCUT2D eigenvalue weighted by Crippen LogP contribution is -2.42. The normalized spacial score (nSPS) is 19.8. The van der Waals surface area contributed by atoms with Crippen LogP contribution in [0.5, 0.6) is 0 Å². The Morgan fingerprint density at radius 2 is 1.83 bits per heavy atom. The number of aromatic nitrogens is 2. The second kappa shape index (κ2) is 7.89. The summed E-state index contributed by atoms with van der Waals surface area (Å²) in [6, 6.07) is 10.5. The van der Waals surface area contributed by atoms with E-state index >= 15 is 0 Å². The molecule has 1 atom stereocenters. The Morgan fingerprint density at radius 3 is 2.48 bits per heavy atom. The molecule has 0 saturated carbocycles. The third-order valence-corrected chi connectivity index (χ3v) is 5.67. The van der Waals surface area contributed by atoms with Crippen molar-refractivity contribution in [1.82, 2.24) is 9.97 Å². The number of nitrogens with zero attached hydrogens (tertiary/aromatic N) is 4. The molecule has 1 N–H and O–H groups in total. The van der Waals surface area contributed by atoms with E-state index in [0.717, 1.165) is 13.1 Å². The number of piperidine rings is 1. The van der Waals surface area contributed by atoms with E-state index in [1.54, 1.807) is 17.2 Å². The molecule has 0 spiro atoms. The van der Waals surface area contributed by atoms with Crippen molar-refractivity contribution >= 4 is 23.5 Å². The summed E-state index contributed by atoms with van der Waals surface area (Å²) in [4.78, 5) is 25.0. The first-order chi connectivity index (χ1) is 13.9. The smallest absolute Gasteiger partial charge is 0.416 e. The number of rotatable bonds is 5. The summed E-state index contributed by atoms with van der Waals surface area (Å²) in [6.45, 7) is 8.63. The Balaban J connectivity index is 1.46. The predicted molar refractivity (Wildman–Crippen MR) is 114 cm³/mol. The van der Waals surface area contributed by atoms with Crippen molar-refractivity contribution in [1.29, 1.82) is 0 Å². The second-order valence-electron chi connectivity index (χ2n) is 8.45. The number of ether oxygens (including phenoxy) is 1. The Kier molecular flexibility index (Phi) is 5.30. The van der Waals surface area contributed by atoms with Crippen LogP contribution < -0.4 is 15.1 Å². The van der Waals surface area contributed by atoms with Crippen LogP contribution in [0, 0.1) is 0 Å². The number of cyclic esters (lactones) is 1. The summed E-state index contributed by atoms with van der Waals surface area (Å²) in [5.41, 5.74) is 2.02. The van der Waals surface area contributed by atoms with Gasteiger partial charge >= 0.3 is 6.09 Å². The highest BCUT2D eigenvalue weighted by atomic mass is 16.6. The lowest BCUT2D eigenvalue weighted by atomic mass is 10.1. The molecule has 7 heteroatoms. The van der Waals surface area contributed by atoms with Crippen LogP contribution in [-0.4, -0.2) is 41.3 Å². The van der Waals surface area contributed by atoms with Gasteiger partial charge in [-0.3, -0.25) is 4.90 Å². The molecule has 2 aliphatic rings. The summed E-state index contributed by atoms with van der Waals surface area (Å²) < 4.78 is 5.19. The van der Waals surface area contributed by atoms with Crippen LogP contribution in [0.2, 0.25) is 0 Å². The van der Waals surface area contributed by atoms with Gasteiger partial charge in [-0.1, -0.05) is 12.1 Å². The minimum Gasteiger partial charge on any atom is -0.447 e. The molecule has 2 saturated heterocycles. The minimum atomic E-state index is -0.432. The van der Waals surface area contributed by atoms with Crippen LogP contribution in [0.1, 0.15) is 51.6 Å². The average molecular weight is 396 g/mol. The maximum atomic E-state index is 12.1. The largest absolute Gasteiger partial charge is 0.447 e. The van der Waals surface area contributed by atoms with Gasteiger partial charge in [0.05, 0.1) is 11.6 Å². The van der Waals surface area contributed by atoms with Crippen LogP contribution >= 0.6 is 0 Å². The fraction of sp³-hybridized carbons (Fsp3) is 0.500. The van der Waals surface area contributed by atoms with Crippen molar-refractivity contribution in [2.45, 2.75) is 51.6 Å². The summed E-state index contributed by atoms with van der Waals surface area (Å²) in [6.07, 6.45) is 5.17. The van der Waals surface area contributed by atoms with E-state index in [4.69, 9.17) is 4.74 Å². The third-order valence-electron chi connectivity index (χ3n) is 5.67. The summed E-state index contributed by atoms with van der Waals surface area (Å²) in [5, 5.41) is 3.35. The zero-order valence-corrected chi connectivity index (χ0v) is 17.4. The Hall–Kier alpha value is -2.83. The molecule has 0 unspecified atom stereocenters. The van der Waals surface area contributed by atoms with Gasteiger partial charge in [0.15, 0.2) is 0 Å². The number of amides is 1. The highest BCUT2D eigenvalue weighted by Crippen LogP contribution is 2.30. The third kappa shape index (κ3) is 4.13. The maximum absolute atomic E-state index is 12.1. The molecule has 0 bridgehead atoms. The highest BCUT2D eigenvalue weighted by Gasteiger charge is 2.41. The zero-order valence-electron chi connectivity index (χ0n) is 17.4. The molecule has 3 heterocycles. The molecule has 0 aliphatic carbocycles. The monoisotopic (exact) mass is 395 g/mol. The van der Waals surface area contributed by atoms with E-state index in [9.17, 15) is 4.79 Å². The van der Waals surface area contributed by atoms with E-state index in [1.807, 2.05) is 13.8 Å². The fourth-order valence-corrected chi connectivity index (χ4v) is 3.96. The number of benzene rings is 1. The number of carbonyl (C=O) groups excluding carboxylic acids is 1. The molecule has 2 fully saturated rings. The topological polar surface area (TPSA) is 70.6 Å². The summed E-state index contributed by atoms with van der Waals surface area (Å²) in [5.74, 6) is 1.04.